The first-order valence-electron chi connectivity index (χ1n) is 6.11. The van der Waals surface area contributed by atoms with E-state index in [0.717, 1.165) is 19.3 Å². The molecule has 19 heavy (non-hydrogen) atoms. The average Bonchev–Trinajstić information content (AvgIpc) is 2.33. The van der Waals surface area contributed by atoms with Gasteiger partial charge in [0.1, 0.15) is 0 Å². The lowest BCUT2D eigenvalue weighted by Gasteiger charge is -2.41. The van der Waals surface area contributed by atoms with Crippen LogP contribution < -0.4 is 5.32 Å². The number of halogens is 1. The van der Waals surface area contributed by atoms with Gasteiger partial charge in [-0.2, -0.15) is 0 Å². The highest BCUT2D eigenvalue weighted by atomic mass is 35.5. The van der Waals surface area contributed by atoms with E-state index in [-0.39, 0.29) is 17.1 Å². The molecule has 0 aromatic heterocycles. The zero-order valence-corrected chi connectivity index (χ0v) is 11.4. The molecule has 0 spiro atoms. The van der Waals surface area contributed by atoms with Gasteiger partial charge in [-0.25, -0.2) is 0 Å². The van der Waals surface area contributed by atoms with Gasteiger partial charge in [0.05, 0.1) is 10.5 Å². The molecule has 1 saturated carbocycles. The highest BCUT2D eigenvalue weighted by Gasteiger charge is 2.38. The molecular formula is C13H15ClN2O3. The molecule has 0 radical (unpaired) electrons. The summed E-state index contributed by atoms with van der Waals surface area (Å²) in [5.41, 5.74) is 0.636. The normalized spacial score (nSPS) is 16.5. The van der Waals surface area contributed by atoms with Crippen molar-refractivity contribution in [2.75, 3.05) is 5.88 Å². The summed E-state index contributed by atoms with van der Waals surface area (Å²) >= 11 is 5.89. The van der Waals surface area contributed by atoms with Gasteiger partial charge in [0.2, 0.25) is 0 Å². The lowest BCUT2D eigenvalue weighted by Crippen LogP contribution is -2.55. The van der Waals surface area contributed by atoms with E-state index >= 15 is 0 Å². The molecular weight excluding hydrogens is 268 g/mol. The number of aryl methyl sites for hydroxylation is 1. The highest BCUT2D eigenvalue weighted by Crippen LogP contribution is 2.33. The van der Waals surface area contributed by atoms with Crippen LogP contribution in [0.25, 0.3) is 0 Å². The molecule has 0 unspecified atom stereocenters. The van der Waals surface area contributed by atoms with Gasteiger partial charge >= 0.3 is 0 Å². The van der Waals surface area contributed by atoms with Crippen molar-refractivity contribution in [2.24, 2.45) is 0 Å². The van der Waals surface area contributed by atoms with Gasteiger partial charge in [-0.3, -0.25) is 14.9 Å². The second-order valence-corrected chi connectivity index (χ2v) is 5.25. The minimum absolute atomic E-state index is 0.0794. The maximum Gasteiger partial charge on any atom is 0.270 e. The number of nitrogens with zero attached hydrogens (tertiary/aromatic N) is 1. The number of rotatable bonds is 4. The monoisotopic (exact) mass is 282 g/mol. The molecule has 102 valence electrons. The zero-order valence-electron chi connectivity index (χ0n) is 10.6. The molecule has 1 aliphatic carbocycles. The van der Waals surface area contributed by atoms with Crippen LogP contribution in [0.4, 0.5) is 5.69 Å². The summed E-state index contributed by atoms with van der Waals surface area (Å²) in [6, 6.07) is 4.29. The Morgan fingerprint density at radius 1 is 1.53 bits per heavy atom. The number of nitro groups is 1. The minimum atomic E-state index is -0.503. The third-order valence-corrected chi connectivity index (χ3v) is 4.13. The first kappa shape index (κ1) is 13.8. The number of carbonyl (C=O) groups excluding carboxylic acids is 1. The average molecular weight is 283 g/mol. The van der Waals surface area contributed by atoms with Crippen molar-refractivity contribution in [1.29, 1.82) is 0 Å². The SMILES string of the molecule is Cc1ccc([N+](=O)[O-])cc1C(=O)NC1(CCl)CCC1. The number of amides is 1. The first-order chi connectivity index (χ1) is 8.97. The summed E-state index contributed by atoms with van der Waals surface area (Å²) in [4.78, 5) is 22.5. The Morgan fingerprint density at radius 3 is 2.68 bits per heavy atom. The van der Waals surface area contributed by atoms with Gasteiger partial charge in [-0.1, -0.05) is 6.07 Å². The number of alkyl halides is 1. The van der Waals surface area contributed by atoms with Gasteiger partial charge < -0.3 is 5.32 Å². The summed E-state index contributed by atoms with van der Waals surface area (Å²) in [6.07, 6.45) is 2.76. The standard InChI is InChI=1S/C13H15ClN2O3/c1-9-3-4-10(16(18)19)7-11(9)12(17)15-13(8-14)5-2-6-13/h3-4,7H,2,5-6,8H2,1H3,(H,15,17). The van der Waals surface area contributed by atoms with E-state index in [2.05, 4.69) is 5.32 Å². The van der Waals surface area contributed by atoms with Crippen molar-refractivity contribution in [3.05, 3.63) is 39.4 Å². The van der Waals surface area contributed by atoms with Crippen LogP contribution in [0.2, 0.25) is 0 Å². The van der Waals surface area contributed by atoms with Crippen LogP contribution in [-0.4, -0.2) is 22.2 Å². The molecule has 0 heterocycles. The minimum Gasteiger partial charge on any atom is -0.345 e. The van der Waals surface area contributed by atoms with Gasteiger partial charge in [0.25, 0.3) is 11.6 Å². The topological polar surface area (TPSA) is 72.2 Å². The zero-order chi connectivity index (χ0) is 14.0. The fourth-order valence-electron chi connectivity index (χ4n) is 2.17. The maximum atomic E-state index is 12.2. The molecule has 1 aliphatic rings. The number of non-ortho nitro benzene ring substituents is 1. The summed E-state index contributed by atoms with van der Waals surface area (Å²) < 4.78 is 0. The Bertz CT molecular complexity index is 521. The maximum absolute atomic E-state index is 12.2. The van der Waals surface area contributed by atoms with Crippen LogP contribution in [0.1, 0.15) is 35.2 Å². The number of carbonyl (C=O) groups is 1. The second-order valence-electron chi connectivity index (χ2n) is 4.98. The van der Waals surface area contributed by atoms with Crippen LogP contribution in [0.5, 0.6) is 0 Å². The summed E-state index contributed by atoms with van der Waals surface area (Å²) in [5, 5.41) is 13.7. The molecule has 0 saturated heterocycles. The Labute approximate surface area is 116 Å². The van der Waals surface area contributed by atoms with E-state index in [1.54, 1.807) is 13.0 Å². The molecule has 0 atom stereocenters. The number of benzene rings is 1. The van der Waals surface area contributed by atoms with Gasteiger partial charge in [0.15, 0.2) is 0 Å². The van der Waals surface area contributed by atoms with Crippen LogP contribution >= 0.6 is 11.6 Å². The molecule has 6 heteroatoms. The van der Waals surface area contributed by atoms with E-state index in [1.807, 2.05) is 0 Å². The lowest BCUT2D eigenvalue weighted by atomic mass is 9.78. The quantitative estimate of drug-likeness (QED) is 0.524. The molecule has 1 aromatic carbocycles. The van der Waals surface area contributed by atoms with Crippen molar-refractivity contribution in [2.45, 2.75) is 31.7 Å². The summed E-state index contributed by atoms with van der Waals surface area (Å²) in [7, 11) is 0. The summed E-state index contributed by atoms with van der Waals surface area (Å²) in [5.74, 6) is 0.0775. The predicted octanol–water partition coefficient (Wildman–Crippen LogP) is 2.79. The molecule has 5 nitrogen and oxygen atoms in total. The van der Waals surface area contributed by atoms with Gasteiger partial charge in [0, 0.05) is 23.6 Å². The fourth-order valence-corrected chi connectivity index (χ4v) is 2.51. The van der Waals surface area contributed by atoms with Crippen molar-refractivity contribution in [3.8, 4) is 0 Å². The predicted molar refractivity (Wildman–Crippen MR) is 72.6 cm³/mol. The molecule has 1 N–H and O–H groups in total. The molecule has 0 aliphatic heterocycles. The van der Waals surface area contributed by atoms with Gasteiger partial charge in [-0.15, -0.1) is 11.6 Å². The highest BCUT2D eigenvalue weighted by molar-refractivity contribution is 6.19. The smallest absolute Gasteiger partial charge is 0.270 e. The van der Waals surface area contributed by atoms with Crippen LogP contribution in [0.15, 0.2) is 18.2 Å². The largest absolute Gasteiger partial charge is 0.345 e. The number of hydrogen-bond acceptors (Lipinski definition) is 3. The number of nitro benzene ring substituents is 1. The van der Waals surface area contributed by atoms with Gasteiger partial charge in [-0.05, 0) is 31.7 Å². The van der Waals surface area contributed by atoms with E-state index in [4.69, 9.17) is 11.6 Å². The molecule has 2 rings (SSSR count). The number of hydrogen-bond donors (Lipinski definition) is 1. The molecule has 0 bridgehead atoms. The van der Waals surface area contributed by atoms with Crippen molar-refractivity contribution >= 4 is 23.2 Å². The Hall–Kier alpha value is -1.62. The van der Waals surface area contributed by atoms with Crippen LogP contribution in [0.3, 0.4) is 0 Å². The van der Waals surface area contributed by atoms with E-state index in [0.29, 0.717) is 17.0 Å². The summed E-state index contributed by atoms with van der Waals surface area (Å²) in [6.45, 7) is 1.76. The Balaban J connectivity index is 2.23. The Morgan fingerprint density at radius 2 is 2.21 bits per heavy atom. The van der Waals surface area contributed by atoms with E-state index < -0.39 is 4.92 Å². The van der Waals surface area contributed by atoms with Crippen molar-refractivity contribution in [3.63, 3.8) is 0 Å². The van der Waals surface area contributed by atoms with E-state index in [1.165, 1.54) is 12.1 Å². The van der Waals surface area contributed by atoms with Crippen LogP contribution in [-0.2, 0) is 0 Å². The van der Waals surface area contributed by atoms with Crippen molar-refractivity contribution in [1.82, 2.24) is 5.32 Å². The third-order valence-electron chi connectivity index (χ3n) is 3.62. The molecule has 1 aromatic rings. The lowest BCUT2D eigenvalue weighted by molar-refractivity contribution is -0.384. The molecule has 1 fully saturated rings. The fraction of sp³-hybridized carbons (Fsp3) is 0.462. The second kappa shape index (κ2) is 5.17. The molecule has 1 amide bonds. The first-order valence-corrected chi connectivity index (χ1v) is 6.64. The van der Waals surface area contributed by atoms with E-state index in [9.17, 15) is 14.9 Å². The van der Waals surface area contributed by atoms with Crippen LogP contribution in [0, 0.1) is 17.0 Å². The Kier molecular flexibility index (Phi) is 3.75. The number of nitrogens with one attached hydrogen (secondary N) is 1. The van der Waals surface area contributed by atoms with Crippen molar-refractivity contribution < 1.29 is 9.72 Å². The third kappa shape index (κ3) is 2.71.